The highest BCUT2D eigenvalue weighted by atomic mass is 32.1. The monoisotopic (exact) mass is 462 g/mol. The second-order valence-corrected chi connectivity index (χ2v) is 8.82. The van der Waals surface area contributed by atoms with Crippen molar-refractivity contribution in [2.45, 2.75) is 45.2 Å². The second-order valence-electron chi connectivity index (χ2n) is 7.68. The van der Waals surface area contributed by atoms with Crippen LogP contribution in [0.15, 0.2) is 36.5 Å². The number of fused-ring (bicyclic) bond motifs is 1. The molecule has 6 nitrogen and oxygen atoms in total. The molecule has 0 spiro atoms. The maximum atomic E-state index is 13.8. The number of halogens is 3. The van der Waals surface area contributed by atoms with Gasteiger partial charge < -0.3 is 0 Å². The van der Waals surface area contributed by atoms with Gasteiger partial charge in [0, 0.05) is 4.88 Å². The van der Waals surface area contributed by atoms with Crippen LogP contribution in [-0.2, 0) is 19.0 Å². The summed E-state index contributed by atoms with van der Waals surface area (Å²) in [6.07, 6.45) is 1.10. The molecule has 0 saturated carbocycles. The van der Waals surface area contributed by atoms with Gasteiger partial charge in [0.1, 0.15) is 0 Å². The number of benzene rings is 1. The molecule has 0 atom stereocenters. The van der Waals surface area contributed by atoms with Crippen LogP contribution in [0.25, 0.3) is 5.69 Å². The fourth-order valence-electron chi connectivity index (χ4n) is 3.69. The summed E-state index contributed by atoms with van der Waals surface area (Å²) in [6.45, 7) is 1.81. The first-order valence-corrected chi connectivity index (χ1v) is 11.0. The highest BCUT2D eigenvalue weighted by Crippen LogP contribution is 2.34. The maximum Gasteiger partial charge on any atom is 0.434 e. The van der Waals surface area contributed by atoms with E-state index < -0.39 is 29.2 Å². The van der Waals surface area contributed by atoms with Gasteiger partial charge >= 0.3 is 6.18 Å². The Balaban J connectivity index is 1.52. The number of rotatable bonds is 3. The summed E-state index contributed by atoms with van der Waals surface area (Å²) in [4.78, 5) is 26.5. The van der Waals surface area contributed by atoms with Gasteiger partial charge in [0.2, 0.25) is 0 Å². The molecule has 0 radical (unpaired) electrons. The van der Waals surface area contributed by atoms with Gasteiger partial charge in [-0.05, 0) is 56.4 Å². The lowest BCUT2D eigenvalue weighted by atomic mass is 10.1. The average Bonchev–Trinajstić information content (AvgIpc) is 3.32. The van der Waals surface area contributed by atoms with Crippen molar-refractivity contribution in [1.82, 2.24) is 20.6 Å². The Kier molecular flexibility index (Phi) is 6.05. The van der Waals surface area contributed by atoms with Gasteiger partial charge in [-0.3, -0.25) is 20.4 Å². The number of aromatic nitrogens is 2. The van der Waals surface area contributed by atoms with E-state index in [1.54, 1.807) is 18.2 Å². The van der Waals surface area contributed by atoms with Gasteiger partial charge in [0.05, 0.1) is 22.3 Å². The first kappa shape index (κ1) is 22.1. The lowest BCUT2D eigenvalue weighted by Crippen LogP contribution is -2.42. The molecule has 4 rings (SSSR count). The van der Waals surface area contributed by atoms with E-state index in [0.717, 1.165) is 54.3 Å². The lowest BCUT2D eigenvalue weighted by molar-refractivity contribution is -0.143. The topological polar surface area (TPSA) is 76.0 Å². The molecule has 0 bridgehead atoms. The van der Waals surface area contributed by atoms with Crippen LogP contribution in [0, 0.1) is 6.92 Å². The molecule has 0 saturated heterocycles. The van der Waals surface area contributed by atoms with Gasteiger partial charge in [-0.2, -0.15) is 18.3 Å². The normalized spacial score (nSPS) is 13.9. The minimum absolute atomic E-state index is 0.172. The number of hydrazine groups is 1. The molecule has 3 aromatic rings. The summed E-state index contributed by atoms with van der Waals surface area (Å²) in [5, 5.41) is 3.77. The molecule has 168 valence electrons. The predicted octanol–water partition coefficient (Wildman–Crippen LogP) is 4.60. The SMILES string of the molecule is Cc1ccc(-n2ncc(C(=O)NNC(=O)c3cc4c(s3)CCCCC4)c2C(F)(F)F)cc1. The summed E-state index contributed by atoms with van der Waals surface area (Å²) in [5.74, 6) is -1.65. The molecular formula is C22H21F3N4O2S. The van der Waals surface area contributed by atoms with Crippen LogP contribution in [0.4, 0.5) is 13.2 Å². The standard InChI is InChI=1S/C22H21F3N4O2S/c1-13-7-9-15(10-8-13)29-19(22(23,24)25)16(12-26-29)20(30)27-28-21(31)18-11-14-5-3-2-4-6-17(14)32-18/h7-12H,2-6H2,1H3,(H,27,30)(H,28,31). The Morgan fingerprint density at radius 2 is 1.72 bits per heavy atom. The van der Waals surface area contributed by atoms with Crippen molar-refractivity contribution in [2.24, 2.45) is 0 Å². The highest BCUT2D eigenvalue weighted by molar-refractivity contribution is 7.14. The Morgan fingerprint density at radius 1 is 1.03 bits per heavy atom. The van der Waals surface area contributed by atoms with Crippen molar-refractivity contribution in [3.8, 4) is 5.69 Å². The quantitative estimate of drug-likeness (QED) is 0.441. The summed E-state index contributed by atoms with van der Waals surface area (Å²) in [5.41, 5.74) is 4.60. The minimum Gasteiger partial charge on any atom is -0.267 e. The zero-order valence-electron chi connectivity index (χ0n) is 17.3. The van der Waals surface area contributed by atoms with Crippen LogP contribution < -0.4 is 10.9 Å². The van der Waals surface area contributed by atoms with Gasteiger partial charge in [-0.1, -0.05) is 24.1 Å². The van der Waals surface area contributed by atoms with E-state index >= 15 is 0 Å². The molecule has 0 aliphatic heterocycles. The fraction of sp³-hybridized carbons (Fsp3) is 0.318. The van der Waals surface area contributed by atoms with Crippen molar-refractivity contribution in [2.75, 3.05) is 0 Å². The van der Waals surface area contributed by atoms with E-state index in [4.69, 9.17) is 0 Å². The molecule has 10 heteroatoms. The van der Waals surface area contributed by atoms with E-state index in [1.165, 1.54) is 23.5 Å². The van der Waals surface area contributed by atoms with Crippen LogP contribution in [0.1, 0.15) is 61.0 Å². The molecule has 1 aromatic carbocycles. The number of aryl methyl sites for hydroxylation is 3. The third-order valence-corrected chi connectivity index (χ3v) is 6.56. The summed E-state index contributed by atoms with van der Waals surface area (Å²) >= 11 is 1.35. The van der Waals surface area contributed by atoms with Gasteiger partial charge in [0.25, 0.3) is 11.8 Å². The number of alkyl halides is 3. The number of carbonyl (C=O) groups excluding carboxylic acids is 2. The Labute approximate surface area is 186 Å². The van der Waals surface area contributed by atoms with Crippen LogP contribution >= 0.6 is 11.3 Å². The summed E-state index contributed by atoms with van der Waals surface area (Å²) in [6, 6.07) is 8.08. The number of nitrogens with zero attached hydrogens (tertiary/aromatic N) is 2. The van der Waals surface area contributed by atoms with Gasteiger partial charge in [-0.25, -0.2) is 4.68 Å². The average molecular weight is 462 g/mol. The molecular weight excluding hydrogens is 441 g/mol. The number of carbonyl (C=O) groups is 2. The van der Waals surface area contributed by atoms with E-state index in [1.807, 2.05) is 6.92 Å². The van der Waals surface area contributed by atoms with Crippen LogP contribution in [-0.4, -0.2) is 21.6 Å². The Hall–Kier alpha value is -3.14. The van der Waals surface area contributed by atoms with Crippen molar-refractivity contribution < 1.29 is 22.8 Å². The lowest BCUT2D eigenvalue weighted by Gasteiger charge is -2.13. The third kappa shape index (κ3) is 4.55. The van der Waals surface area contributed by atoms with Crippen molar-refractivity contribution in [1.29, 1.82) is 0 Å². The van der Waals surface area contributed by atoms with E-state index in [-0.39, 0.29) is 5.69 Å². The number of thiophene rings is 1. The largest absolute Gasteiger partial charge is 0.434 e. The van der Waals surface area contributed by atoms with Crippen LogP contribution in [0.3, 0.4) is 0 Å². The first-order valence-electron chi connectivity index (χ1n) is 10.2. The number of nitrogens with one attached hydrogen (secondary N) is 2. The summed E-state index contributed by atoms with van der Waals surface area (Å²) in [7, 11) is 0. The van der Waals surface area contributed by atoms with E-state index in [9.17, 15) is 22.8 Å². The molecule has 2 aromatic heterocycles. The molecule has 0 unspecified atom stereocenters. The minimum atomic E-state index is -4.83. The zero-order valence-corrected chi connectivity index (χ0v) is 18.1. The first-order chi connectivity index (χ1) is 15.2. The molecule has 32 heavy (non-hydrogen) atoms. The fourth-order valence-corrected chi connectivity index (χ4v) is 4.84. The number of hydrogen-bond donors (Lipinski definition) is 2. The molecule has 1 aliphatic rings. The van der Waals surface area contributed by atoms with Crippen LogP contribution in [0.2, 0.25) is 0 Å². The molecule has 2 N–H and O–H groups in total. The molecule has 1 aliphatic carbocycles. The Bertz CT molecular complexity index is 1130. The zero-order chi connectivity index (χ0) is 22.9. The van der Waals surface area contributed by atoms with Crippen molar-refractivity contribution >= 4 is 23.2 Å². The molecule has 2 amide bonds. The second kappa shape index (κ2) is 8.78. The number of hydrogen-bond acceptors (Lipinski definition) is 4. The Morgan fingerprint density at radius 3 is 2.44 bits per heavy atom. The molecule has 2 heterocycles. The predicted molar refractivity (Wildman–Crippen MR) is 114 cm³/mol. The van der Waals surface area contributed by atoms with Gasteiger partial charge in [0.15, 0.2) is 5.69 Å². The van der Waals surface area contributed by atoms with Crippen LogP contribution in [0.5, 0.6) is 0 Å². The highest BCUT2D eigenvalue weighted by Gasteiger charge is 2.40. The number of amides is 2. The van der Waals surface area contributed by atoms with E-state index in [2.05, 4.69) is 16.0 Å². The van der Waals surface area contributed by atoms with Gasteiger partial charge in [-0.15, -0.1) is 11.3 Å². The third-order valence-electron chi connectivity index (χ3n) is 5.32. The van der Waals surface area contributed by atoms with E-state index in [0.29, 0.717) is 9.56 Å². The van der Waals surface area contributed by atoms with Crippen molar-refractivity contribution in [3.63, 3.8) is 0 Å². The molecule has 0 fully saturated rings. The summed E-state index contributed by atoms with van der Waals surface area (Å²) < 4.78 is 42.0. The maximum absolute atomic E-state index is 13.8. The smallest absolute Gasteiger partial charge is 0.267 e. The van der Waals surface area contributed by atoms with Crippen molar-refractivity contribution in [3.05, 3.63) is 68.7 Å².